The SMILES string of the molecule is Cc1ccc(CNC(=O)CC2CCCCN2S(=O)(=O)c2ccc(F)cc2)cc1. The van der Waals surface area contributed by atoms with E-state index in [0.29, 0.717) is 19.5 Å². The number of sulfonamides is 1. The average Bonchev–Trinajstić information content (AvgIpc) is 2.68. The van der Waals surface area contributed by atoms with Crippen LogP contribution >= 0.6 is 0 Å². The van der Waals surface area contributed by atoms with Crippen LogP contribution < -0.4 is 5.32 Å². The third-order valence-electron chi connectivity index (χ3n) is 5.02. The van der Waals surface area contributed by atoms with Crippen molar-refractivity contribution < 1.29 is 17.6 Å². The van der Waals surface area contributed by atoms with Crippen molar-refractivity contribution in [3.8, 4) is 0 Å². The predicted molar refractivity (Wildman–Crippen MR) is 106 cm³/mol. The van der Waals surface area contributed by atoms with E-state index in [9.17, 15) is 17.6 Å². The summed E-state index contributed by atoms with van der Waals surface area (Å²) in [5.41, 5.74) is 2.15. The Morgan fingerprint density at radius 1 is 1.11 bits per heavy atom. The average molecular weight is 405 g/mol. The lowest BCUT2D eigenvalue weighted by atomic mass is 10.0. The summed E-state index contributed by atoms with van der Waals surface area (Å²) in [6, 6.07) is 12.3. The van der Waals surface area contributed by atoms with E-state index in [2.05, 4.69) is 5.32 Å². The van der Waals surface area contributed by atoms with Crippen LogP contribution in [0.15, 0.2) is 53.4 Å². The summed E-state index contributed by atoms with van der Waals surface area (Å²) in [6.07, 6.45) is 2.39. The highest BCUT2D eigenvalue weighted by atomic mass is 32.2. The molecule has 0 aliphatic carbocycles. The monoisotopic (exact) mass is 404 g/mol. The first-order valence-corrected chi connectivity index (χ1v) is 10.9. The molecule has 1 amide bonds. The number of carbonyl (C=O) groups excluding carboxylic acids is 1. The van der Waals surface area contributed by atoms with Crippen LogP contribution in [-0.2, 0) is 21.4 Å². The van der Waals surface area contributed by atoms with Gasteiger partial charge in [-0.1, -0.05) is 36.2 Å². The number of rotatable bonds is 6. The highest BCUT2D eigenvalue weighted by Gasteiger charge is 2.34. The van der Waals surface area contributed by atoms with E-state index in [1.54, 1.807) is 0 Å². The Balaban J connectivity index is 1.66. The van der Waals surface area contributed by atoms with Gasteiger partial charge in [0.2, 0.25) is 15.9 Å². The summed E-state index contributed by atoms with van der Waals surface area (Å²) >= 11 is 0. The first-order chi connectivity index (χ1) is 13.4. The Hall–Kier alpha value is -2.25. The second-order valence-corrected chi connectivity index (χ2v) is 9.08. The molecule has 0 spiro atoms. The van der Waals surface area contributed by atoms with Crippen molar-refractivity contribution in [1.29, 1.82) is 0 Å². The molecule has 2 aromatic carbocycles. The molecule has 7 heteroatoms. The number of benzene rings is 2. The van der Waals surface area contributed by atoms with E-state index in [-0.39, 0.29) is 23.3 Å². The van der Waals surface area contributed by atoms with Crippen molar-refractivity contribution in [2.24, 2.45) is 0 Å². The first kappa shape index (κ1) is 20.5. The van der Waals surface area contributed by atoms with E-state index >= 15 is 0 Å². The fourth-order valence-corrected chi connectivity index (χ4v) is 5.12. The number of halogens is 1. The van der Waals surface area contributed by atoms with E-state index in [4.69, 9.17) is 0 Å². The lowest BCUT2D eigenvalue weighted by Crippen LogP contribution is -2.45. The summed E-state index contributed by atoms with van der Waals surface area (Å²) in [4.78, 5) is 12.5. The molecule has 1 fully saturated rings. The molecule has 0 saturated carbocycles. The minimum Gasteiger partial charge on any atom is -0.352 e. The summed E-state index contributed by atoms with van der Waals surface area (Å²) in [7, 11) is -3.76. The molecule has 2 aromatic rings. The van der Waals surface area contributed by atoms with Gasteiger partial charge in [0, 0.05) is 25.6 Å². The van der Waals surface area contributed by atoms with Crippen molar-refractivity contribution in [1.82, 2.24) is 9.62 Å². The van der Waals surface area contributed by atoms with Crippen molar-refractivity contribution in [2.75, 3.05) is 6.54 Å². The maximum atomic E-state index is 13.2. The van der Waals surface area contributed by atoms with Crippen LogP contribution in [0.2, 0.25) is 0 Å². The quantitative estimate of drug-likeness (QED) is 0.803. The molecule has 1 heterocycles. The number of hydrogen-bond acceptors (Lipinski definition) is 3. The van der Waals surface area contributed by atoms with Crippen molar-refractivity contribution in [3.05, 3.63) is 65.5 Å². The number of nitrogens with one attached hydrogen (secondary N) is 1. The fourth-order valence-electron chi connectivity index (χ4n) is 3.43. The Labute approximate surface area is 165 Å². The number of aryl methyl sites for hydroxylation is 1. The zero-order chi connectivity index (χ0) is 20.1. The molecule has 1 aliphatic rings. The third kappa shape index (κ3) is 4.97. The summed E-state index contributed by atoms with van der Waals surface area (Å²) < 4.78 is 40.5. The van der Waals surface area contributed by atoms with Crippen LogP contribution in [0.3, 0.4) is 0 Å². The van der Waals surface area contributed by atoms with Crippen LogP contribution in [0.25, 0.3) is 0 Å². The van der Waals surface area contributed by atoms with Gasteiger partial charge in [-0.2, -0.15) is 4.31 Å². The van der Waals surface area contributed by atoms with E-state index in [0.717, 1.165) is 36.1 Å². The topological polar surface area (TPSA) is 66.5 Å². The Morgan fingerprint density at radius 2 is 1.79 bits per heavy atom. The minimum absolute atomic E-state index is 0.0564. The number of amides is 1. The molecule has 1 saturated heterocycles. The zero-order valence-corrected chi connectivity index (χ0v) is 16.7. The van der Waals surface area contributed by atoms with Gasteiger partial charge in [0.1, 0.15) is 5.82 Å². The Morgan fingerprint density at radius 3 is 2.46 bits per heavy atom. The lowest BCUT2D eigenvalue weighted by Gasteiger charge is -2.34. The largest absolute Gasteiger partial charge is 0.352 e. The smallest absolute Gasteiger partial charge is 0.243 e. The van der Waals surface area contributed by atoms with Gasteiger partial charge in [-0.05, 0) is 49.6 Å². The van der Waals surface area contributed by atoms with Crippen molar-refractivity contribution >= 4 is 15.9 Å². The van der Waals surface area contributed by atoms with E-state index in [1.807, 2.05) is 31.2 Å². The molecule has 1 unspecified atom stereocenters. The summed E-state index contributed by atoms with van der Waals surface area (Å²) in [6.45, 7) is 2.79. The van der Waals surface area contributed by atoms with Gasteiger partial charge in [-0.3, -0.25) is 4.79 Å². The zero-order valence-electron chi connectivity index (χ0n) is 15.9. The van der Waals surface area contributed by atoms with Crippen molar-refractivity contribution in [2.45, 2.75) is 50.1 Å². The Kier molecular flexibility index (Phi) is 6.46. The molecule has 150 valence electrons. The molecule has 1 N–H and O–H groups in total. The highest BCUT2D eigenvalue weighted by molar-refractivity contribution is 7.89. The molecular weight excluding hydrogens is 379 g/mol. The van der Waals surface area contributed by atoms with Crippen LogP contribution in [-0.4, -0.2) is 31.2 Å². The van der Waals surface area contributed by atoms with Crippen LogP contribution in [0.1, 0.15) is 36.8 Å². The van der Waals surface area contributed by atoms with E-state index < -0.39 is 15.8 Å². The second-order valence-electron chi connectivity index (χ2n) is 7.19. The molecule has 5 nitrogen and oxygen atoms in total. The summed E-state index contributed by atoms with van der Waals surface area (Å²) in [5.74, 6) is -0.656. The van der Waals surface area contributed by atoms with E-state index in [1.165, 1.54) is 16.4 Å². The molecule has 0 aromatic heterocycles. The van der Waals surface area contributed by atoms with Crippen LogP contribution in [0.5, 0.6) is 0 Å². The molecule has 3 rings (SSSR count). The molecule has 28 heavy (non-hydrogen) atoms. The fraction of sp³-hybridized carbons (Fsp3) is 0.381. The standard InChI is InChI=1S/C21H25FN2O3S/c1-16-5-7-17(8-6-16)15-23-21(25)14-19-4-2-3-13-24(19)28(26,27)20-11-9-18(22)10-12-20/h5-12,19H,2-4,13-15H2,1H3,(H,23,25). The number of hydrogen-bond donors (Lipinski definition) is 1. The maximum absolute atomic E-state index is 13.2. The molecule has 0 bridgehead atoms. The first-order valence-electron chi connectivity index (χ1n) is 9.46. The van der Waals surface area contributed by atoms with Gasteiger partial charge >= 0.3 is 0 Å². The highest BCUT2D eigenvalue weighted by Crippen LogP contribution is 2.27. The van der Waals surface area contributed by atoms with Gasteiger partial charge in [-0.25, -0.2) is 12.8 Å². The number of nitrogens with zero attached hydrogens (tertiary/aromatic N) is 1. The Bertz CT molecular complexity index is 912. The molecule has 1 atom stereocenters. The van der Waals surface area contributed by atoms with Crippen LogP contribution in [0.4, 0.5) is 4.39 Å². The van der Waals surface area contributed by atoms with Gasteiger partial charge in [-0.15, -0.1) is 0 Å². The third-order valence-corrected chi connectivity index (χ3v) is 6.99. The van der Waals surface area contributed by atoms with Gasteiger partial charge in [0.15, 0.2) is 0 Å². The molecule has 1 aliphatic heterocycles. The summed E-state index contributed by atoms with van der Waals surface area (Å²) in [5, 5.41) is 2.87. The normalized spacial score (nSPS) is 18.0. The van der Waals surface area contributed by atoms with Crippen LogP contribution in [0, 0.1) is 12.7 Å². The van der Waals surface area contributed by atoms with Crippen molar-refractivity contribution in [3.63, 3.8) is 0 Å². The molecule has 0 radical (unpaired) electrons. The number of carbonyl (C=O) groups is 1. The van der Waals surface area contributed by atoms with Gasteiger partial charge in [0.25, 0.3) is 0 Å². The second kappa shape index (κ2) is 8.84. The molecular formula is C21H25FN2O3S. The minimum atomic E-state index is -3.76. The number of piperidine rings is 1. The van der Waals surface area contributed by atoms with Gasteiger partial charge in [0.05, 0.1) is 4.90 Å². The van der Waals surface area contributed by atoms with Gasteiger partial charge < -0.3 is 5.32 Å². The lowest BCUT2D eigenvalue weighted by molar-refractivity contribution is -0.122. The maximum Gasteiger partial charge on any atom is 0.243 e. The predicted octanol–water partition coefficient (Wildman–Crippen LogP) is 3.38.